The summed E-state index contributed by atoms with van der Waals surface area (Å²) in [6.07, 6.45) is 1.73. The van der Waals surface area contributed by atoms with Gasteiger partial charge in [0.25, 0.3) is 0 Å². The second-order valence-corrected chi connectivity index (χ2v) is 7.44. The van der Waals surface area contributed by atoms with Crippen LogP contribution in [0.4, 0.5) is 5.69 Å². The third-order valence-corrected chi connectivity index (χ3v) is 5.33. The predicted molar refractivity (Wildman–Crippen MR) is 120 cm³/mol. The molecule has 0 aliphatic carbocycles. The maximum atomic E-state index is 12.7. The number of rotatable bonds is 5. The van der Waals surface area contributed by atoms with Gasteiger partial charge in [-0.05, 0) is 48.4 Å². The molecule has 0 fully saturated rings. The van der Waals surface area contributed by atoms with Crippen LogP contribution < -0.4 is 19.5 Å². The van der Waals surface area contributed by atoms with Gasteiger partial charge in [0.1, 0.15) is 25.5 Å². The third-order valence-electron chi connectivity index (χ3n) is 5.33. The van der Waals surface area contributed by atoms with Gasteiger partial charge in [-0.3, -0.25) is 4.79 Å². The highest BCUT2D eigenvalue weighted by Gasteiger charge is 2.17. The van der Waals surface area contributed by atoms with E-state index in [1.165, 1.54) is 0 Å². The zero-order valence-electron chi connectivity index (χ0n) is 17.8. The highest BCUT2D eigenvalue weighted by atomic mass is 16.6. The third kappa shape index (κ3) is 3.71. The molecular formula is C24H22N4O4. The van der Waals surface area contributed by atoms with Crippen molar-refractivity contribution in [3.8, 4) is 28.4 Å². The first kappa shape index (κ1) is 19.9. The molecule has 162 valence electrons. The molecular weight excluding hydrogens is 408 g/mol. The predicted octanol–water partition coefficient (Wildman–Crippen LogP) is 3.83. The van der Waals surface area contributed by atoms with Gasteiger partial charge in [-0.1, -0.05) is 12.1 Å². The molecule has 8 heteroatoms. The zero-order valence-corrected chi connectivity index (χ0v) is 17.8. The summed E-state index contributed by atoms with van der Waals surface area (Å²) in [5.41, 5.74) is 4.15. The number of hydrogen-bond donors (Lipinski definition) is 1. The van der Waals surface area contributed by atoms with Crippen LogP contribution in [0.25, 0.3) is 22.2 Å². The number of nitrogens with one attached hydrogen (secondary N) is 1. The molecule has 0 spiro atoms. The van der Waals surface area contributed by atoms with Gasteiger partial charge in [-0.15, -0.1) is 0 Å². The Balaban J connectivity index is 1.40. The first-order valence-electron chi connectivity index (χ1n) is 10.3. The second kappa shape index (κ2) is 8.22. The summed E-state index contributed by atoms with van der Waals surface area (Å²) in [7, 11) is 1.64. The average molecular weight is 430 g/mol. The summed E-state index contributed by atoms with van der Waals surface area (Å²) >= 11 is 0. The van der Waals surface area contributed by atoms with Crippen LogP contribution in [-0.2, 0) is 11.3 Å². The van der Waals surface area contributed by atoms with Gasteiger partial charge in [0.15, 0.2) is 17.1 Å². The number of pyridine rings is 1. The van der Waals surface area contributed by atoms with E-state index in [1.807, 2.05) is 37.3 Å². The number of benzene rings is 2. The van der Waals surface area contributed by atoms with Gasteiger partial charge >= 0.3 is 0 Å². The number of aryl methyl sites for hydroxylation is 1. The lowest BCUT2D eigenvalue weighted by molar-refractivity contribution is -0.116. The van der Waals surface area contributed by atoms with Gasteiger partial charge in [-0.2, -0.15) is 5.10 Å². The van der Waals surface area contributed by atoms with Crippen LogP contribution in [-0.4, -0.2) is 41.0 Å². The number of methoxy groups -OCH3 is 1. The number of nitrogens with zero attached hydrogens (tertiary/aromatic N) is 3. The van der Waals surface area contributed by atoms with E-state index in [9.17, 15) is 4.79 Å². The Morgan fingerprint density at radius 1 is 1.09 bits per heavy atom. The number of carbonyl (C=O) groups excluding carboxylic acids is 1. The van der Waals surface area contributed by atoms with Crippen LogP contribution >= 0.6 is 0 Å². The van der Waals surface area contributed by atoms with Crippen LogP contribution in [0.3, 0.4) is 0 Å². The van der Waals surface area contributed by atoms with Crippen LogP contribution in [0.2, 0.25) is 0 Å². The van der Waals surface area contributed by atoms with Crippen molar-refractivity contribution in [2.24, 2.45) is 0 Å². The first-order chi connectivity index (χ1) is 15.6. The van der Waals surface area contributed by atoms with E-state index >= 15 is 0 Å². The topological polar surface area (TPSA) is 87.5 Å². The fraction of sp³-hybridized carbons (Fsp3) is 0.208. The molecule has 0 atom stereocenters. The molecule has 1 N–H and O–H groups in total. The Morgan fingerprint density at radius 2 is 1.88 bits per heavy atom. The van der Waals surface area contributed by atoms with Gasteiger partial charge in [0.2, 0.25) is 5.91 Å². The van der Waals surface area contributed by atoms with E-state index in [0.717, 1.165) is 28.0 Å². The lowest BCUT2D eigenvalue weighted by Crippen LogP contribution is -2.20. The lowest BCUT2D eigenvalue weighted by Gasteiger charge is -2.19. The van der Waals surface area contributed by atoms with E-state index in [2.05, 4.69) is 15.4 Å². The lowest BCUT2D eigenvalue weighted by atomic mass is 10.0. The normalized spacial score (nSPS) is 12.6. The van der Waals surface area contributed by atoms with Crippen LogP contribution in [0.1, 0.15) is 5.69 Å². The minimum absolute atomic E-state index is 0.0395. The molecule has 0 bridgehead atoms. The smallest absolute Gasteiger partial charge is 0.246 e. The Labute approximate surface area is 184 Å². The summed E-state index contributed by atoms with van der Waals surface area (Å²) in [6.45, 7) is 2.98. The van der Waals surface area contributed by atoms with E-state index in [4.69, 9.17) is 14.2 Å². The standard InChI is InChI=1S/C24H22N4O4/c1-15-23-19(16-3-6-18(30-2)7-4-16)9-10-25-24(23)28(27-15)14-22(29)26-17-5-8-20-21(13-17)32-12-11-31-20/h3-10,13H,11-12,14H2,1-2H3,(H,26,29). The van der Waals surface area contributed by atoms with Crippen molar-refractivity contribution in [1.29, 1.82) is 0 Å². The van der Waals surface area contributed by atoms with Gasteiger partial charge < -0.3 is 19.5 Å². The molecule has 5 rings (SSSR count). The van der Waals surface area contributed by atoms with Crippen LogP contribution in [0.5, 0.6) is 17.2 Å². The summed E-state index contributed by atoms with van der Waals surface area (Å²) < 4.78 is 18.0. The van der Waals surface area contributed by atoms with E-state index < -0.39 is 0 Å². The van der Waals surface area contributed by atoms with Crippen molar-refractivity contribution in [3.63, 3.8) is 0 Å². The summed E-state index contributed by atoms with van der Waals surface area (Å²) in [5, 5.41) is 8.40. The summed E-state index contributed by atoms with van der Waals surface area (Å²) in [5.74, 6) is 1.89. The highest BCUT2D eigenvalue weighted by Crippen LogP contribution is 2.33. The Hall–Kier alpha value is -4.07. The minimum Gasteiger partial charge on any atom is -0.497 e. The molecule has 3 heterocycles. The summed E-state index contributed by atoms with van der Waals surface area (Å²) in [6, 6.07) is 15.1. The molecule has 1 amide bonds. The molecule has 0 radical (unpaired) electrons. The number of hydrogen-bond acceptors (Lipinski definition) is 6. The average Bonchev–Trinajstić information content (AvgIpc) is 3.14. The molecule has 2 aromatic carbocycles. The highest BCUT2D eigenvalue weighted by molar-refractivity contribution is 5.96. The molecule has 32 heavy (non-hydrogen) atoms. The minimum atomic E-state index is -0.206. The zero-order chi connectivity index (χ0) is 22.1. The molecule has 0 saturated carbocycles. The van der Waals surface area contributed by atoms with E-state index in [-0.39, 0.29) is 12.5 Å². The van der Waals surface area contributed by atoms with Gasteiger partial charge in [0.05, 0.1) is 12.8 Å². The monoisotopic (exact) mass is 430 g/mol. The number of fused-ring (bicyclic) bond motifs is 2. The molecule has 8 nitrogen and oxygen atoms in total. The molecule has 4 aromatic rings. The molecule has 0 unspecified atom stereocenters. The quantitative estimate of drug-likeness (QED) is 0.518. The fourth-order valence-electron chi connectivity index (χ4n) is 3.86. The Kier molecular flexibility index (Phi) is 5.10. The van der Waals surface area contributed by atoms with Crippen molar-refractivity contribution in [3.05, 3.63) is 60.4 Å². The van der Waals surface area contributed by atoms with Crippen molar-refractivity contribution in [2.75, 3.05) is 25.6 Å². The summed E-state index contributed by atoms with van der Waals surface area (Å²) in [4.78, 5) is 17.2. The second-order valence-electron chi connectivity index (χ2n) is 7.44. The van der Waals surface area contributed by atoms with E-state index in [1.54, 1.807) is 36.2 Å². The SMILES string of the molecule is COc1ccc(-c2ccnc3c2c(C)nn3CC(=O)Nc2ccc3c(c2)OCCO3)cc1. The first-order valence-corrected chi connectivity index (χ1v) is 10.3. The fourth-order valence-corrected chi connectivity index (χ4v) is 3.86. The van der Waals surface area contributed by atoms with Gasteiger partial charge in [0, 0.05) is 23.3 Å². The van der Waals surface area contributed by atoms with Crippen molar-refractivity contribution in [1.82, 2.24) is 14.8 Å². The number of ether oxygens (including phenoxy) is 3. The number of carbonyl (C=O) groups is 1. The largest absolute Gasteiger partial charge is 0.497 e. The van der Waals surface area contributed by atoms with Crippen LogP contribution in [0.15, 0.2) is 54.7 Å². The Morgan fingerprint density at radius 3 is 2.66 bits per heavy atom. The maximum absolute atomic E-state index is 12.7. The number of aromatic nitrogens is 3. The van der Waals surface area contributed by atoms with Crippen molar-refractivity contribution >= 4 is 22.6 Å². The number of amides is 1. The Bertz CT molecular complexity index is 1300. The molecule has 1 aliphatic rings. The maximum Gasteiger partial charge on any atom is 0.246 e. The van der Waals surface area contributed by atoms with Crippen molar-refractivity contribution < 1.29 is 19.0 Å². The molecule has 0 saturated heterocycles. The van der Waals surface area contributed by atoms with Crippen molar-refractivity contribution in [2.45, 2.75) is 13.5 Å². The van der Waals surface area contributed by atoms with Crippen LogP contribution in [0, 0.1) is 6.92 Å². The molecule has 1 aliphatic heterocycles. The number of anilines is 1. The van der Waals surface area contributed by atoms with E-state index in [0.29, 0.717) is 36.0 Å². The molecule has 2 aromatic heterocycles. The van der Waals surface area contributed by atoms with Gasteiger partial charge in [-0.25, -0.2) is 9.67 Å².